The van der Waals surface area contributed by atoms with E-state index in [0.29, 0.717) is 11.8 Å². The van der Waals surface area contributed by atoms with Crippen LogP contribution >= 0.6 is 0 Å². The molecule has 2 atom stereocenters. The molecule has 0 bridgehead atoms. The Labute approximate surface area is 139 Å². The van der Waals surface area contributed by atoms with Crippen molar-refractivity contribution in [3.8, 4) is 18.2 Å². The number of hydrogen-bond donors (Lipinski definition) is 1. The molecule has 1 saturated carbocycles. The molecule has 6 nitrogen and oxygen atoms in total. The smallest absolute Gasteiger partial charge is 0.169 e. The molecule has 0 radical (unpaired) electrons. The van der Waals surface area contributed by atoms with Gasteiger partial charge in [-0.3, -0.25) is 4.79 Å². The van der Waals surface area contributed by atoms with Crippen LogP contribution in [0.4, 0.5) is 0 Å². The molecule has 0 saturated heterocycles. The van der Waals surface area contributed by atoms with Crippen LogP contribution in [0, 0.1) is 63.1 Å². The molecular formula is C18H14N4O2. The van der Waals surface area contributed by atoms with Crippen LogP contribution in [0.5, 0.6) is 0 Å². The van der Waals surface area contributed by atoms with Crippen molar-refractivity contribution < 1.29 is 9.59 Å². The van der Waals surface area contributed by atoms with E-state index in [-0.39, 0.29) is 12.1 Å². The van der Waals surface area contributed by atoms with Gasteiger partial charge in [-0.25, -0.2) is 0 Å². The summed E-state index contributed by atoms with van der Waals surface area (Å²) in [5, 5.41) is 36.8. The van der Waals surface area contributed by atoms with Crippen LogP contribution in [-0.4, -0.2) is 17.8 Å². The van der Waals surface area contributed by atoms with Gasteiger partial charge in [-0.2, -0.15) is 15.8 Å². The van der Waals surface area contributed by atoms with Crippen LogP contribution in [0.1, 0.15) is 28.8 Å². The highest BCUT2D eigenvalue weighted by molar-refractivity contribution is 6.09. The number of carbonyl (C=O) groups is 2. The van der Waals surface area contributed by atoms with Crippen molar-refractivity contribution in [2.24, 2.45) is 16.7 Å². The van der Waals surface area contributed by atoms with Crippen molar-refractivity contribution in [1.82, 2.24) is 0 Å². The van der Waals surface area contributed by atoms with E-state index in [0.717, 1.165) is 5.56 Å². The zero-order valence-corrected chi connectivity index (χ0v) is 13.0. The lowest BCUT2D eigenvalue weighted by molar-refractivity contribution is -0.109. The molecule has 0 spiro atoms. The Morgan fingerprint density at radius 2 is 1.83 bits per heavy atom. The van der Waals surface area contributed by atoms with E-state index >= 15 is 0 Å². The molecule has 1 N–H and O–H groups in total. The molecule has 1 aliphatic rings. The summed E-state index contributed by atoms with van der Waals surface area (Å²) >= 11 is 0. The second kappa shape index (κ2) is 6.07. The van der Waals surface area contributed by atoms with Gasteiger partial charge in [0, 0.05) is 17.7 Å². The molecule has 1 aromatic carbocycles. The van der Waals surface area contributed by atoms with Crippen LogP contribution in [0.3, 0.4) is 0 Å². The first-order valence-corrected chi connectivity index (χ1v) is 7.27. The Morgan fingerprint density at radius 3 is 2.29 bits per heavy atom. The second-order valence-electron chi connectivity index (χ2n) is 5.97. The van der Waals surface area contributed by atoms with Gasteiger partial charge in [-0.05, 0) is 13.3 Å². The fourth-order valence-electron chi connectivity index (χ4n) is 3.10. The second-order valence-corrected chi connectivity index (χ2v) is 5.97. The monoisotopic (exact) mass is 318 g/mol. The number of aldehydes is 1. The lowest BCUT2D eigenvalue weighted by Gasteiger charge is -2.29. The molecule has 2 rings (SSSR count). The first-order valence-electron chi connectivity index (χ1n) is 7.27. The van der Waals surface area contributed by atoms with Crippen LogP contribution < -0.4 is 0 Å². The van der Waals surface area contributed by atoms with Gasteiger partial charge in [-0.1, -0.05) is 29.8 Å². The maximum atomic E-state index is 12.6. The lowest BCUT2D eigenvalue weighted by Crippen LogP contribution is -2.41. The Hall–Kier alpha value is -3.30. The highest BCUT2D eigenvalue weighted by Crippen LogP contribution is 2.54. The fourth-order valence-corrected chi connectivity index (χ4v) is 3.10. The summed E-state index contributed by atoms with van der Waals surface area (Å²) < 4.78 is 0. The summed E-state index contributed by atoms with van der Waals surface area (Å²) in [6, 6.07) is 12.1. The molecule has 0 heterocycles. The van der Waals surface area contributed by atoms with E-state index in [4.69, 9.17) is 5.41 Å². The lowest BCUT2D eigenvalue weighted by atomic mass is 9.64. The zero-order valence-electron chi connectivity index (χ0n) is 13.0. The minimum atomic E-state index is -1.91. The molecule has 1 aromatic rings. The van der Waals surface area contributed by atoms with Crippen LogP contribution in [0.2, 0.25) is 0 Å². The Kier molecular flexibility index (Phi) is 4.31. The first-order chi connectivity index (χ1) is 11.4. The third kappa shape index (κ3) is 2.28. The number of benzene rings is 1. The standard InChI is InChI=1S/C18H14N4O2/c1-12-2-4-13(5-3-12)15(24)7-18(11-21)16(22)14(8-23)6-17(18,9-19)10-20/h2-5,8,14,22H,6-7H2,1H3/t14?,18-/m1/s1. The average molecular weight is 318 g/mol. The number of ketones is 1. The Balaban J connectivity index is 2.52. The number of nitrogens with one attached hydrogen (secondary N) is 1. The van der Waals surface area contributed by atoms with E-state index in [9.17, 15) is 25.4 Å². The predicted octanol–water partition coefficient (Wildman–Crippen LogP) is 2.35. The third-order valence-corrected chi connectivity index (χ3v) is 4.62. The van der Waals surface area contributed by atoms with E-state index in [1.54, 1.807) is 36.4 Å². The summed E-state index contributed by atoms with van der Waals surface area (Å²) in [6.45, 7) is 1.86. The van der Waals surface area contributed by atoms with Gasteiger partial charge in [0.1, 0.15) is 11.7 Å². The zero-order chi connectivity index (χ0) is 18.0. The maximum absolute atomic E-state index is 12.6. The van der Waals surface area contributed by atoms with E-state index in [2.05, 4.69) is 0 Å². The summed E-state index contributed by atoms with van der Waals surface area (Å²) in [5.41, 5.74) is -2.83. The number of aryl methyl sites for hydroxylation is 1. The Bertz CT molecular complexity index is 822. The number of Topliss-reactive ketones (excluding diaryl/α,β-unsaturated/α-hetero) is 1. The SMILES string of the molecule is Cc1ccc(C(=O)C[C@@]2(C#N)C(=N)C(C=O)CC2(C#N)C#N)cc1. The molecule has 1 aliphatic carbocycles. The molecule has 6 heteroatoms. The number of hydrogen-bond acceptors (Lipinski definition) is 6. The number of nitrogens with zero attached hydrogens (tertiary/aromatic N) is 3. The van der Waals surface area contributed by atoms with Gasteiger partial charge < -0.3 is 10.2 Å². The quantitative estimate of drug-likeness (QED) is 0.672. The Morgan fingerprint density at radius 1 is 1.25 bits per heavy atom. The van der Waals surface area contributed by atoms with Gasteiger partial charge >= 0.3 is 0 Å². The minimum absolute atomic E-state index is 0.239. The number of rotatable bonds is 4. The maximum Gasteiger partial charge on any atom is 0.169 e. The van der Waals surface area contributed by atoms with Gasteiger partial charge in [0.25, 0.3) is 0 Å². The predicted molar refractivity (Wildman–Crippen MR) is 83.7 cm³/mol. The average Bonchev–Trinajstić information content (AvgIpc) is 2.84. The molecule has 0 aliphatic heterocycles. The molecule has 24 heavy (non-hydrogen) atoms. The van der Waals surface area contributed by atoms with E-state index < -0.39 is 29.0 Å². The third-order valence-electron chi connectivity index (χ3n) is 4.62. The highest BCUT2D eigenvalue weighted by atomic mass is 16.1. The van der Waals surface area contributed by atoms with Crippen molar-refractivity contribution in [1.29, 1.82) is 21.2 Å². The summed E-state index contributed by atoms with van der Waals surface area (Å²) in [7, 11) is 0. The van der Waals surface area contributed by atoms with Crippen LogP contribution in [0.25, 0.3) is 0 Å². The van der Waals surface area contributed by atoms with Gasteiger partial charge in [0.05, 0.1) is 24.1 Å². The van der Waals surface area contributed by atoms with Crippen molar-refractivity contribution in [3.63, 3.8) is 0 Å². The summed E-state index contributed by atoms with van der Waals surface area (Å²) in [5.74, 6) is -1.45. The molecule has 1 fully saturated rings. The largest absolute Gasteiger partial charge is 0.307 e. The van der Waals surface area contributed by atoms with Gasteiger partial charge in [0.15, 0.2) is 11.2 Å². The topological polar surface area (TPSA) is 129 Å². The molecular weight excluding hydrogens is 304 g/mol. The molecule has 118 valence electrons. The first kappa shape index (κ1) is 17.1. The minimum Gasteiger partial charge on any atom is -0.307 e. The van der Waals surface area contributed by atoms with Crippen LogP contribution in [-0.2, 0) is 4.79 Å². The van der Waals surface area contributed by atoms with E-state index in [1.807, 2.05) is 13.0 Å². The molecule has 1 unspecified atom stereocenters. The van der Waals surface area contributed by atoms with E-state index in [1.165, 1.54) is 0 Å². The number of nitriles is 3. The highest BCUT2D eigenvalue weighted by Gasteiger charge is 2.65. The fraction of sp³-hybridized carbons (Fsp3) is 0.333. The van der Waals surface area contributed by atoms with Gasteiger partial charge in [0.2, 0.25) is 0 Å². The van der Waals surface area contributed by atoms with Crippen molar-refractivity contribution >= 4 is 17.8 Å². The summed E-state index contributed by atoms with van der Waals surface area (Å²) in [4.78, 5) is 23.8. The molecule has 0 aromatic heterocycles. The van der Waals surface area contributed by atoms with Crippen molar-refractivity contribution in [2.75, 3.05) is 0 Å². The molecule has 0 amide bonds. The van der Waals surface area contributed by atoms with Crippen LogP contribution in [0.15, 0.2) is 24.3 Å². The van der Waals surface area contributed by atoms with Crippen molar-refractivity contribution in [3.05, 3.63) is 35.4 Å². The van der Waals surface area contributed by atoms with Crippen molar-refractivity contribution in [2.45, 2.75) is 19.8 Å². The normalized spacial score (nSPS) is 24.4. The summed E-state index contributed by atoms with van der Waals surface area (Å²) in [6.07, 6.45) is -0.255. The number of carbonyl (C=O) groups excluding carboxylic acids is 2. The van der Waals surface area contributed by atoms with Gasteiger partial charge in [-0.15, -0.1) is 0 Å².